The smallest absolute Gasteiger partial charge is 0.245 e. The predicted octanol–water partition coefficient (Wildman–Crippen LogP) is 1.10. The van der Waals surface area contributed by atoms with Crippen molar-refractivity contribution in [3.8, 4) is 0 Å². The van der Waals surface area contributed by atoms with Crippen molar-refractivity contribution in [1.82, 2.24) is 5.32 Å². The number of aryl methyl sites for hydroxylation is 1. The molecule has 78 valence electrons. The largest absolute Gasteiger partial charge is 0.387 e. The lowest BCUT2D eigenvalue weighted by Crippen LogP contribution is -2.35. The molecule has 4 heteroatoms. The van der Waals surface area contributed by atoms with Crippen LogP contribution in [0.1, 0.15) is 16.7 Å². The molecule has 0 aliphatic rings. The van der Waals surface area contributed by atoms with Crippen LogP contribution in [0.25, 0.3) is 0 Å². The summed E-state index contributed by atoms with van der Waals surface area (Å²) in [6.45, 7) is 3.56. The molecule has 1 amide bonds. The maximum atomic E-state index is 10.9. The summed E-state index contributed by atoms with van der Waals surface area (Å²) in [5, 5.41) is 11.2. The Morgan fingerprint density at radius 2 is 2.36 bits per heavy atom. The van der Waals surface area contributed by atoms with Crippen LogP contribution in [-0.4, -0.2) is 23.7 Å². The molecule has 0 spiro atoms. The Labute approximate surface area is 87.8 Å². The van der Waals surface area contributed by atoms with Crippen molar-refractivity contribution in [2.24, 2.45) is 0 Å². The Hall–Kier alpha value is -0.870. The molecule has 3 nitrogen and oxygen atoms in total. The highest BCUT2D eigenvalue weighted by molar-refractivity contribution is 7.11. The lowest BCUT2D eigenvalue weighted by molar-refractivity contribution is -0.124. The first kappa shape index (κ1) is 11.2. The standard InChI is InChI=1S/C10H15NO2S/c1-7(11-10(13)6-12)5-9-4-3-8(2)14-9/h3-4,7,12H,5-6H2,1-2H3,(H,11,13). The fourth-order valence-electron chi connectivity index (χ4n) is 1.27. The summed E-state index contributed by atoms with van der Waals surface area (Å²) in [4.78, 5) is 13.4. The van der Waals surface area contributed by atoms with Gasteiger partial charge in [-0.3, -0.25) is 4.79 Å². The van der Waals surface area contributed by atoms with Gasteiger partial charge in [0.05, 0.1) is 0 Å². The van der Waals surface area contributed by atoms with Gasteiger partial charge in [-0.05, 0) is 26.0 Å². The minimum Gasteiger partial charge on any atom is -0.387 e. The number of nitrogens with one attached hydrogen (secondary N) is 1. The normalized spacial score (nSPS) is 12.5. The van der Waals surface area contributed by atoms with E-state index in [0.29, 0.717) is 0 Å². The van der Waals surface area contributed by atoms with E-state index in [9.17, 15) is 4.79 Å². The van der Waals surface area contributed by atoms with Crippen LogP contribution in [0.4, 0.5) is 0 Å². The number of aliphatic hydroxyl groups is 1. The van der Waals surface area contributed by atoms with Gasteiger partial charge >= 0.3 is 0 Å². The summed E-state index contributed by atoms with van der Waals surface area (Å²) in [7, 11) is 0. The van der Waals surface area contributed by atoms with E-state index in [0.717, 1.165) is 6.42 Å². The van der Waals surface area contributed by atoms with Crippen LogP contribution in [0.3, 0.4) is 0 Å². The zero-order valence-corrected chi connectivity index (χ0v) is 9.23. The lowest BCUT2D eigenvalue weighted by atomic mass is 10.2. The van der Waals surface area contributed by atoms with E-state index >= 15 is 0 Å². The second kappa shape index (κ2) is 5.12. The summed E-state index contributed by atoms with van der Waals surface area (Å²) in [5.41, 5.74) is 0. The van der Waals surface area contributed by atoms with Crippen molar-refractivity contribution < 1.29 is 9.90 Å². The summed E-state index contributed by atoms with van der Waals surface area (Å²) in [6, 6.07) is 4.22. The molecule has 14 heavy (non-hydrogen) atoms. The predicted molar refractivity (Wildman–Crippen MR) is 57.5 cm³/mol. The Morgan fingerprint density at radius 1 is 1.64 bits per heavy atom. The van der Waals surface area contributed by atoms with Gasteiger partial charge in [-0.15, -0.1) is 11.3 Å². The topological polar surface area (TPSA) is 49.3 Å². The molecule has 0 aliphatic heterocycles. The zero-order valence-electron chi connectivity index (χ0n) is 8.41. The van der Waals surface area contributed by atoms with E-state index in [1.807, 2.05) is 6.92 Å². The van der Waals surface area contributed by atoms with Crippen molar-refractivity contribution in [2.75, 3.05) is 6.61 Å². The average molecular weight is 213 g/mol. The molecule has 0 bridgehead atoms. The quantitative estimate of drug-likeness (QED) is 0.786. The van der Waals surface area contributed by atoms with Crippen molar-refractivity contribution in [3.63, 3.8) is 0 Å². The first-order chi connectivity index (χ1) is 6.61. The Bertz CT molecular complexity index is 309. The lowest BCUT2D eigenvalue weighted by Gasteiger charge is -2.11. The molecule has 1 heterocycles. The Morgan fingerprint density at radius 3 is 2.86 bits per heavy atom. The van der Waals surface area contributed by atoms with Crippen molar-refractivity contribution in [1.29, 1.82) is 0 Å². The first-order valence-corrected chi connectivity index (χ1v) is 5.39. The van der Waals surface area contributed by atoms with Crippen LogP contribution in [0.15, 0.2) is 12.1 Å². The number of thiophene rings is 1. The minimum absolute atomic E-state index is 0.0766. The van der Waals surface area contributed by atoms with Crippen molar-refractivity contribution in [2.45, 2.75) is 26.3 Å². The molecule has 2 N–H and O–H groups in total. The summed E-state index contributed by atoms with van der Waals surface area (Å²) in [5.74, 6) is -0.314. The molecular formula is C10H15NO2S. The first-order valence-electron chi connectivity index (χ1n) is 4.57. The van der Waals surface area contributed by atoms with E-state index in [-0.39, 0.29) is 11.9 Å². The molecule has 1 aromatic heterocycles. The number of amides is 1. The molecule has 1 atom stereocenters. The third kappa shape index (κ3) is 3.47. The number of rotatable bonds is 4. The highest BCUT2D eigenvalue weighted by Gasteiger charge is 2.07. The number of aliphatic hydroxyl groups excluding tert-OH is 1. The van der Waals surface area contributed by atoms with E-state index in [2.05, 4.69) is 24.4 Å². The number of carbonyl (C=O) groups excluding carboxylic acids is 1. The van der Waals surface area contributed by atoms with Gasteiger partial charge < -0.3 is 10.4 Å². The SMILES string of the molecule is Cc1ccc(CC(C)NC(=O)CO)s1. The maximum Gasteiger partial charge on any atom is 0.245 e. The highest BCUT2D eigenvalue weighted by Crippen LogP contribution is 2.16. The highest BCUT2D eigenvalue weighted by atomic mass is 32.1. The van der Waals surface area contributed by atoms with Crippen LogP contribution in [0.5, 0.6) is 0 Å². The van der Waals surface area contributed by atoms with E-state index in [1.165, 1.54) is 9.75 Å². The zero-order chi connectivity index (χ0) is 10.6. The van der Waals surface area contributed by atoms with Crippen molar-refractivity contribution >= 4 is 17.2 Å². The molecule has 0 radical (unpaired) electrons. The van der Waals surface area contributed by atoms with Gasteiger partial charge in [-0.1, -0.05) is 0 Å². The van der Waals surface area contributed by atoms with Crippen molar-refractivity contribution in [3.05, 3.63) is 21.9 Å². The number of carbonyl (C=O) groups is 1. The van der Waals surface area contributed by atoms with Gasteiger partial charge in [-0.25, -0.2) is 0 Å². The molecule has 0 saturated heterocycles. The Kier molecular flexibility index (Phi) is 4.10. The molecule has 1 aromatic rings. The third-order valence-electron chi connectivity index (χ3n) is 1.85. The van der Waals surface area contributed by atoms with Gasteiger partial charge in [0.1, 0.15) is 6.61 Å². The van der Waals surface area contributed by atoms with Gasteiger partial charge in [0.25, 0.3) is 0 Å². The minimum atomic E-state index is -0.437. The second-order valence-corrected chi connectivity index (χ2v) is 4.72. The number of hydrogen-bond acceptors (Lipinski definition) is 3. The molecule has 0 aromatic carbocycles. The number of hydrogen-bond donors (Lipinski definition) is 2. The summed E-state index contributed by atoms with van der Waals surface area (Å²) in [6.07, 6.45) is 0.824. The van der Waals surface area contributed by atoms with Crippen LogP contribution in [-0.2, 0) is 11.2 Å². The maximum absolute atomic E-state index is 10.9. The van der Waals surface area contributed by atoms with Gasteiger partial charge in [0, 0.05) is 22.2 Å². The molecule has 0 saturated carbocycles. The molecular weight excluding hydrogens is 198 g/mol. The summed E-state index contributed by atoms with van der Waals surface area (Å²) < 4.78 is 0. The Balaban J connectivity index is 2.41. The van der Waals surface area contributed by atoms with Crippen LogP contribution < -0.4 is 5.32 Å². The fourth-order valence-corrected chi connectivity index (χ4v) is 2.29. The monoisotopic (exact) mass is 213 g/mol. The average Bonchev–Trinajstić information content (AvgIpc) is 2.50. The fraction of sp³-hybridized carbons (Fsp3) is 0.500. The van der Waals surface area contributed by atoms with E-state index in [1.54, 1.807) is 11.3 Å². The van der Waals surface area contributed by atoms with Gasteiger partial charge in [0.2, 0.25) is 5.91 Å². The van der Waals surface area contributed by atoms with E-state index in [4.69, 9.17) is 5.11 Å². The molecule has 1 rings (SSSR count). The summed E-state index contributed by atoms with van der Waals surface area (Å²) >= 11 is 1.74. The van der Waals surface area contributed by atoms with Crippen LogP contribution >= 0.6 is 11.3 Å². The van der Waals surface area contributed by atoms with Gasteiger partial charge in [0.15, 0.2) is 0 Å². The molecule has 1 unspecified atom stereocenters. The molecule has 0 fully saturated rings. The van der Waals surface area contributed by atoms with Gasteiger partial charge in [-0.2, -0.15) is 0 Å². The van der Waals surface area contributed by atoms with Crippen LogP contribution in [0.2, 0.25) is 0 Å². The molecule has 0 aliphatic carbocycles. The third-order valence-corrected chi connectivity index (χ3v) is 2.88. The van der Waals surface area contributed by atoms with E-state index < -0.39 is 6.61 Å². The van der Waals surface area contributed by atoms with Crippen LogP contribution in [0, 0.1) is 6.92 Å². The second-order valence-electron chi connectivity index (χ2n) is 3.34.